The van der Waals surface area contributed by atoms with Crippen LogP contribution in [-0.2, 0) is 4.74 Å². The summed E-state index contributed by atoms with van der Waals surface area (Å²) < 4.78 is 15.8. The van der Waals surface area contributed by atoms with Crippen molar-refractivity contribution in [2.24, 2.45) is 0 Å². The molecule has 0 N–H and O–H groups in total. The highest BCUT2D eigenvalue weighted by Gasteiger charge is 2.18. The van der Waals surface area contributed by atoms with Gasteiger partial charge in [-0.15, -0.1) is 0 Å². The normalized spacial score (nSPS) is 12.6. The Balaban J connectivity index is 1.67. The summed E-state index contributed by atoms with van der Waals surface area (Å²) in [4.78, 5) is 24.2. The zero-order valence-corrected chi connectivity index (χ0v) is 13.9. The first-order valence-corrected chi connectivity index (χ1v) is 7.85. The minimum atomic E-state index is -0.714. The van der Waals surface area contributed by atoms with E-state index in [9.17, 15) is 9.59 Å². The van der Waals surface area contributed by atoms with Gasteiger partial charge in [0.05, 0.1) is 10.6 Å². The van der Waals surface area contributed by atoms with Crippen molar-refractivity contribution in [2.75, 3.05) is 19.8 Å². The van der Waals surface area contributed by atoms with Crippen LogP contribution in [0, 0.1) is 0 Å². The number of rotatable bonds is 4. The van der Waals surface area contributed by atoms with Crippen molar-refractivity contribution in [1.29, 1.82) is 0 Å². The third-order valence-electron chi connectivity index (χ3n) is 3.35. The Morgan fingerprint density at radius 3 is 2.54 bits per heavy atom. The van der Waals surface area contributed by atoms with Crippen molar-refractivity contribution in [3.63, 3.8) is 0 Å². The lowest BCUT2D eigenvalue weighted by Gasteiger charge is -2.18. The van der Waals surface area contributed by atoms with Gasteiger partial charge in [0.2, 0.25) is 0 Å². The molecule has 3 rings (SSSR count). The quantitative estimate of drug-likeness (QED) is 0.608. The highest BCUT2D eigenvalue weighted by molar-refractivity contribution is 6.35. The van der Waals surface area contributed by atoms with Crippen molar-refractivity contribution in [3.05, 3.63) is 57.6 Å². The predicted molar refractivity (Wildman–Crippen MR) is 88.5 cm³/mol. The molecule has 0 spiro atoms. The van der Waals surface area contributed by atoms with E-state index in [2.05, 4.69) is 0 Å². The van der Waals surface area contributed by atoms with Crippen molar-refractivity contribution in [1.82, 2.24) is 0 Å². The minimum absolute atomic E-state index is 0.110. The number of hydrogen-bond donors (Lipinski definition) is 0. The highest BCUT2D eigenvalue weighted by atomic mass is 35.5. The molecule has 0 saturated carbocycles. The minimum Gasteiger partial charge on any atom is -0.486 e. The fraction of sp³-hybridized carbons (Fsp3) is 0.176. The Bertz CT molecular complexity index is 804. The first-order valence-electron chi connectivity index (χ1n) is 7.09. The zero-order chi connectivity index (χ0) is 17.1. The van der Waals surface area contributed by atoms with Crippen LogP contribution < -0.4 is 9.47 Å². The maximum Gasteiger partial charge on any atom is 0.340 e. The van der Waals surface area contributed by atoms with Crippen molar-refractivity contribution in [3.8, 4) is 11.5 Å². The number of Topliss-reactive ketones (excluding diaryl/α,β-unsaturated/α-hetero) is 1. The van der Waals surface area contributed by atoms with Crippen molar-refractivity contribution >= 4 is 35.0 Å². The first-order chi connectivity index (χ1) is 11.5. The lowest BCUT2D eigenvalue weighted by molar-refractivity contribution is 0.0474. The molecule has 5 nitrogen and oxygen atoms in total. The van der Waals surface area contributed by atoms with E-state index in [1.54, 1.807) is 24.3 Å². The van der Waals surface area contributed by atoms with Crippen LogP contribution in [0.1, 0.15) is 20.7 Å². The van der Waals surface area contributed by atoms with Gasteiger partial charge in [-0.1, -0.05) is 23.2 Å². The highest BCUT2D eigenvalue weighted by Crippen LogP contribution is 2.31. The fourth-order valence-corrected chi connectivity index (χ4v) is 2.53. The number of carbonyl (C=O) groups is 2. The number of esters is 1. The summed E-state index contributed by atoms with van der Waals surface area (Å²) in [6.45, 7) is 0.479. The molecular formula is C17H12Cl2O5. The average Bonchev–Trinajstić information content (AvgIpc) is 2.61. The maximum absolute atomic E-state index is 12.2. The van der Waals surface area contributed by atoms with Crippen LogP contribution in [0.2, 0.25) is 10.0 Å². The predicted octanol–water partition coefficient (Wildman–Crippen LogP) is 3.80. The molecule has 2 aromatic carbocycles. The molecule has 0 saturated heterocycles. The van der Waals surface area contributed by atoms with Gasteiger partial charge in [-0.3, -0.25) is 4.79 Å². The molecular weight excluding hydrogens is 355 g/mol. The molecule has 1 heterocycles. The number of carbonyl (C=O) groups excluding carboxylic acids is 2. The van der Waals surface area contributed by atoms with E-state index in [1.807, 2.05) is 0 Å². The number of ether oxygens (including phenoxy) is 3. The molecule has 2 aromatic rings. The third-order valence-corrected chi connectivity index (χ3v) is 3.91. The van der Waals surface area contributed by atoms with Crippen LogP contribution in [0.15, 0.2) is 36.4 Å². The second-order valence-electron chi connectivity index (χ2n) is 4.98. The molecule has 1 aliphatic heterocycles. The molecule has 0 unspecified atom stereocenters. The van der Waals surface area contributed by atoms with Gasteiger partial charge in [-0.2, -0.15) is 0 Å². The molecule has 24 heavy (non-hydrogen) atoms. The SMILES string of the molecule is O=C(COC(=O)c1cc(Cl)ccc1Cl)c1ccc2c(c1)OCCO2. The van der Waals surface area contributed by atoms with Crippen LogP contribution >= 0.6 is 23.2 Å². The van der Waals surface area contributed by atoms with E-state index in [0.717, 1.165) is 0 Å². The maximum atomic E-state index is 12.2. The summed E-state index contributed by atoms with van der Waals surface area (Å²) in [5.41, 5.74) is 0.475. The first kappa shape index (κ1) is 16.6. The summed E-state index contributed by atoms with van der Waals surface area (Å²) in [6, 6.07) is 9.25. The smallest absolute Gasteiger partial charge is 0.340 e. The van der Waals surface area contributed by atoms with Crippen molar-refractivity contribution < 1.29 is 23.8 Å². The number of fused-ring (bicyclic) bond motifs is 1. The Kier molecular flexibility index (Phi) is 4.92. The van der Waals surface area contributed by atoms with E-state index < -0.39 is 12.6 Å². The van der Waals surface area contributed by atoms with Crippen LogP contribution in [0.3, 0.4) is 0 Å². The number of hydrogen-bond acceptors (Lipinski definition) is 5. The van der Waals surface area contributed by atoms with Gasteiger partial charge < -0.3 is 14.2 Å². The van der Waals surface area contributed by atoms with Gasteiger partial charge in [0.15, 0.2) is 23.9 Å². The van der Waals surface area contributed by atoms with Gasteiger partial charge >= 0.3 is 5.97 Å². The molecule has 0 fully saturated rings. The third kappa shape index (κ3) is 3.63. The summed E-state index contributed by atoms with van der Waals surface area (Å²) in [7, 11) is 0. The van der Waals surface area contributed by atoms with Gasteiger partial charge in [0.25, 0.3) is 0 Å². The summed E-state index contributed by atoms with van der Waals surface area (Å²) in [5, 5.41) is 0.556. The molecule has 7 heteroatoms. The Hall–Kier alpha value is -2.24. The molecule has 0 radical (unpaired) electrons. The van der Waals surface area contributed by atoms with Gasteiger partial charge in [-0.25, -0.2) is 4.79 Å². The van der Waals surface area contributed by atoms with E-state index in [1.165, 1.54) is 12.1 Å². The number of ketones is 1. The van der Waals surface area contributed by atoms with Gasteiger partial charge in [0, 0.05) is 10.6 Å². The van der Waals surface area contributed by atoms with Crippen molar-refractivity contribution in [2.45, 2.75) is 0 Å². The molecule has 0 atom stereocenters. The second-order valence-corrected chi connectivity index (χ2v) is 5.83. The fourth-order valence-electron chi connectivity index (χ4n) is 2.16. The average molecular weight is 367 g/mol. The number of benzene rings is 2. The van der Waals surface area contributed by atoms with Gasteiger partial charge in [-0.05, 0) is 36.4 Å². The Morgan fingerprint density at radius 1 is 1.00 bits per heavy atom. The van der Waals surface area contributed by atoms with Crippen LogP contribution in [0.25, 0.3) is 0 Å². The summed E-state index contributed by atoms with van der Waals surface area (Å²) in [5.74, 6) is 0.00341. The van der Waals surface area contributed by atoms with Crippen LogP contribution in [0.4, 0.5) is 0 Å². The lowest BCUT2D eigenvalue weighted by Crippen LogP contribution is -2.17. The van der Waals surface area contributed by atoms with Crippen LogP contribution in [0.5, 0.6) is 11.5 Å². The Labute approximate surface area is 148 Å². The Morgan fingerprint density at radius 2 is 1.75 bits per heavy atom. The van der Waals surface area contributed by atoms with Gasteiger partial charge in [0.1, 0.15) is 13.2 Å². The number of halogens is 2. The zero-order valence-electron chi connectivity index (χ0n) is 12.4. The standard InChI is InChI=1S/C17H12Cl2O5/c18-11-2-3-13(19)12(8-11)17(21)24-9-14(20)10-1-4-15-16(7-10)23-6-5-22-15/h1-4,7-8H,5-6,9H2. The topological polar surface area (TPSA) is 61.8 Å². The molecule has 0 aromatic heterocycles. The molecule has 0 bridgehead atoms. The van der Waals surface area contributed by atoms with Crippen LogP contribution in [-0.4, -0.2) is 31.6 Å². The molecule has 1 aliphatic rings. The molecule has 0 aliphatic carbocycles. The lowest BCUT2D eigenvalue weighted by atomic mass is 10.1. The largest absolute Gasteiger partial charge is 0.486 e. The summed E-state index contributed by atoms with van der Waals surface area (Å²) in [6.07, 6.45) is 0. The van der Waals surface area contributed by atoms with E-state index >= 15 is 0 Å². The van der Waals surface area contributed by atoms with E-state index in [0.29, 0.717) is 35.3 Å². The molecule has 0 amide bonds. The second kappa shape index (κ2) is 7.11. The van der Waals surface area contributed by atoms with E-state index in [4.69, 9.17) is 37.4 Å². The summed E-state index contributed by atoms with van der Waals surface area (Å²) >= 11 is 11.8. The van der Waals surface area contributed by atoms with E-state index in [-0.39, 0.29) is 16.4 Å². The monoisotopic (exact) mass is 366 g/mol. The molecule has 124 valence electrons.